The summed E-state index contributed by atoms with van der Waals surface area (Å²) in [4.78, 5) is 25.4. The zero-order valence-corrected chi connectivity index (χ0v) is 13.0. The minimum Gasteiger partial charge on any atom is -0.481 e. The second kappa shape index (κ2) is 7.40. The van der Waals surface area contributed by atoms with Gasteiger partial charge in [0.1, 0.15) is 5.41 Å². The first kappa shape index (κ1) is 16.5. The average Bonchev–Trinajstić information content (AvgIpc) is 2.94. The number of hydrogen-bond donors (Lipinski definition) is 1. The molecule has 1 aliphatic rings. The molecule has 5 heteroatoms. The highest BCUT2D eigenvalue weighted by molar-refractivity contribution is 5.80. The Balaban J connectivity index is 1.82. The van der Waals surface area contributed by atoms with E-state index in [2.05, 4.69) is 0 Å². The summed E-state index contributed by atoms with van der Waals surface area (Å²) in [5, 5.41) is 9.40. The lowest BCUT2D eigenvalue weighted by atomic mass is 9.88. The van der Waals surface area contributed by atoms with Crippen LogP contribution in [0, 0.1) is 5.41 Å². The van der Waals surface area contributed by atoms with Gasteiger partial charge in [-0.1, -0.05) is 30.3 Å². The summed E-state index contributed by atoms with van der Waals surface area (Å²) in [7, 11) is 1.50. The van der Waals surface area contributed by atoms with Crippen LogP contribution in [-0.2, 0) is 20.7 Å². The average molecular weight is 305 g/mol. The van der Waals surface area contributed by atoms with E-state index in [-0.39, 0.29) is 19.1 Å². The molecule has 1 saturated heterocycles. The van der Waals surface area contributed by atoms with Gasteiger partial charge in [0, 0.05) is 26.6 Å². The number of methoxy groups -OCH3 is 1. The van der Waals surface area contributed by atoms with E-state index < -0.39 is 11.4 Å². The van der Waals surface area contributed by atoms with Crippen molar-refractivity contribution in [2.75, 3.05) is 26.8 Å². The molecule has 22 heavy (non-hydrogen) atoms. The van der Waals surface area contributed by atoms with Gasteiger partial charge >= 0.3 is 5.97 Å². The first-order valence-corrected chi connectivity index (χ1v) is 7.61. The molecular formula is C17H23NO4. The van der Waals surface area contributed by atoms with Gasteiger partial charge in [0.2, 0.25) is 5.91 Å². The molecule has 0 radical (unpaired) electrons. The van der Waals surface area contributed by atoms with Gasteiger partial charge in [0.05, 0.1) is 6.61 Å². The van der Waals surface area contributed by atoms with E-state index in [1.54, 1.807) is 4.90 Å². The minimum absolute atomic E-state index is 0.0372. The highest BCUT2D eigenvalue weighted by Gasteiger charge is 2.46. The van der Waals surface area contributed by atoms with Crippen LogP contribution in [0.3, 0.4) is 0 Å². The molecule has 1 aromatic rings. The fraction of sp³-hybridized carbons (Fsp3) is 0.529. The number of benzene rings is 1. The molecule has 1 amide bonds. The number of rotatable bonds is 7. The number of aryl methyl sites for hydroxylation is 1. The van der Waals surface area contributed by atoms with Crippen molar-refractivity contribution in [1.29, 1.82) is 0 Å². The number of ether oxygens (including phenoxy) is 1. The number of carbonyl (C=O) groups is 2. The van der Waals surface area contributed by atoms with E-state index in [9.17, 15) is 14.7 Å². The first-order valence-electron chi connectivity index (χ1n) is 7.61. The maximum absolute atomic E-state index is 12.2. The molecule has 1 atom stereocenters. The molecule has 1 aromatic carbocycles. The van der Waals surface area contributed by atoms with Crippen molar-refractivity contribution in [2.45, 2.75) is 25.7 Å². The van der Waals surface area contributed by atoms with Gasteiger partial charge in [-0.05, 0) is 24.8 Å². The molecule has 0 aliphatic carbocycles. The van der Waals surface area contributed by atoms with Crippen LogP contribution >= 0.6 is 0 Å². The molecule has 1 heterocycles. The van der Waals surface area contributed by atoms with Crippen LogP contribution in [0.1, 0.15) is 24.8 Å². The Labute approximate surface area is 130 Å². The summed E-state index contributed by atoms with van der Waals surface area (Å²) >= 11 is 0. The van der Waals surface area contributed by atoms with Gasteiger partial charge in [-0.2, -0.15) is 0 Å². The van der Waals surface area contributed by atoms with Crippen molar-refractivity contribution in [2.24, 2.45) is 5.41 Å². The Morgan fingerprint density at radius 3 is 2.68 bits per heavy atom. The number of carboxylic acid groups (broad SMARTS) is 1. The Bertz CT molecular complexity index is 517. The molecular weight excluding hydrogens is 282 g/mol. The zero-order valence-electron chi connectivity index (χ0n) is 13.0. The second-order valence-electron chi connectivity index (χ2n) is 5.92. The highest BCUT2D eigenvalue weighted by atomic mass is 16.5. The fourth-order valence-electron chi connectivity index (χ4n) is 2.96. The van der Waals surface area contributed by atoms with Gasteiger partial charge in [-0.15, -0.1) is 0 Å². The largest absolute Gasteiger partial charge is 0.481 e. The van der Waals surface area contributed by atoms with Gasteiger partial charge in [-0.3, -0.25) is 9.59 Å². The second-order valence-corrected chi connectivity index (χ2v) is 5.92. The maximum Gasteiger partial charge on any atom is 0.313 e. The van der Waals surface area contributed by atoms with Crippen LogP contribution in [0.4, 0.5) is 0 Å². The Kier molecular flexibility index (Phi) is 5.55. The van der Waals surface area contributed by atoms with E-state index in [0.29, 0.717) is 19.4 Å². The van der Waals surface area contributed by atoms with E-state index in [4.69, 9.17) is 4.74 Å². The molecule has 0 bridgehead atoms. The van der Waals surface area contributed by atoms with Crippen LogP contribution in [0.25, 0.3) is 0 Å². The number of amides is 1. The molecule has 5 nitrogen and oxygen atoms in total. The number of likely N-dealkylation sites (tertiary alicyclic amines) is 1. The summed E-state index contributed by atoms with van der Waals surface area (Å²) in [6.45, 7) is 0.899. The topological polar surface area (TPSA) is 66.8 Å². The number of nitrogens with zero attached hydrogens (tertiary/aromatic N) is 1. The predicted octanol–water partition coefficient (Wildman–Crippen LogP) is 1.96. The molecule has 1 unspecified atom stereocenters. The standard InChI is InChI=1S/C17H23NO4/c1-22-13-17(16(20)21)10-11-18(12-17)15(19)9-5-8-14-6-3-2-4-7-14/h2-4,6-7H,5,8-13H2,1H3,(H,20,21). The molecule has 2 rings (SSSR count). The lowest BCUT2D eigenvalue weighted by Gasteiger charge is -2.23. The van der Waals surface area contributed by atoms with E-state index in [1.807, 2.05) is 30.3 Å². The quantitative estimate of drug-likeness (QED) is 0.836. The third-order valence-electron chi connectivity index (χ3n) is 4.28. The van der Waals surface area contributed by atoms with Crippen molar-refractivity contribution < 1.29 is 19.4 Å². The summed E-state index contributed by atoms with van der Waals surface area (Å²) in [6.07, 6.45) is 2.56. The summed E-state index contributed by atoms with van der Waals surface area (Å²) in [6, 6.07) is 10.1. The lowest BCUT2D eigenvalue weighted by Crippen LogP contribution is -2.40. The number of hydrogen-bond acceptors (Lipinski definition) is 3. The van der Waals surface area contributed by atoms with E-state index in [0.717, 1.165) is 12.8 Å². The van der Waals surface area contributed by atoms with Crippen LogP contribution in [0.2, 0.25) is 0 Å². The van der Waals surface area contributed by atoms with Crippen LogP contribution in [0.15, 0.2) is 30.3 Å². The van der Waals surface area contributed by atoms with Crippen LogP contribution in [0.5, 0.6) is 0 Å². The van der Waals surface area contributed by atoms with Crippen molar-refractivity contribution in [1.82, 2.24) is 4.90 Å². The molecule has 1 fully saturated rings. The zero-order chi connectivity index (χ0) is 16.0. The van der Waals surface area contributed by atoms with Crippen LogP contribution in [-0.4, -0.2) is 48.7 Å². The number of carbonyl (C=O) groups excluding carboxylic acids is 1. The lowest BCUT2D eigenvalue weighted by molar-refractivity contribution is -0.151. The maximum atomic E-state index is 12.2. The van der Waals surface area contributed by atoms with Gasteiger partial charge in [0.25, 0.3) is 0 Å². The monoisotopic (exact) mass is 305 g/mol. The van der Waals surface area contributed by atoms with Crippen molar-refractivity contribution in [3.63, 3.8) is 0 Å². The summed E-state index contributed by atoms with van der Waals surface area (Å²) < 4.78 is 5.04. The molecule has 1 aliphatic heterocycles. The van der Waals surface area contributed by atoms with Gasteiger partial charge in [0.15, 0.2) is 0 Å². The molecule has 0 saturated carbocycles. The van der Waals surface area contributed by atoms with Gasteiger partial charge < -0.3 is 14.7 Å². The molecule has 120 valence electrons. The minimum atomic E-state index is -0.941. The summed E-state index contributed by atoms with van der Waals surface area (Å²) in [5.41, 5.74) is 0.278. The van der Waals surface area contributed by atoms with E-state index >= 15 is 0 Å². The Morgan fingerprint density at radius 1 is 1.32 bits per heavy atom. The molecule has 1 N–H and O–H groups in total. The molecule has 0 aromatic heterocycles. The third kappa shape index (κ3) is 3.85. The smallest absolute Gasteiger partial charge is 0.313 e. The first-order chi connectivity index (χ1) is 10.6. The fourth-order valence-corrected chi connectivity index (χ4v) is 2.96. The third-order valence-corrected chi connectivity index (χ3v) is 4.28. The Hall–Kier alpha value is -1.88. The SMILES string of the molecule is COCC1(C(=O)O)CCN(C(=O)CCCc2ccccc2)C1. The predicted molar refractivity (Wildman–Crippen MR) is 82.5 cm³/mol. The van der Waals surface area contributed by atoms with E-state index in [1.165, 1.54) is 12.7 Å². The van der Waals surface area contributed by atoms with Gasteiger partial charge in [-0.25, -0.2) is 0 Å². The molecule has 0 spiro atoms. The summed E-state index contributed by atoms with van der Waals surface area (Å²) in [5.74, 6) is -0.843. The normalized spacial score (nSPS) is 21.0. The van der Waals surface area contributed by atoms with Crippen LogP contribution < -0.4 is 0 Å². The number of carboxylic acids is 1. The van der Waals surface area contributed by atoms with Crippen molar-refractivity contribution in [3.8, 4) is 0 Å². The number of aliphatic carboxylic acids is 1. The Morgan fingerprint density at radius 2 is 2.05 bits per heavy atom. The highest BCUT2D eigenvalue weighted by Crippen LogP contribution is 2.31. The van der Waals surface area contributed by atoms with Crippen molar-refractivity contribution in [3.05, 3.63) is 35.9 Å². The van der Waals surface area contributed by atoms with Crippen molar-refractivity contribution >= 4 is 11.9 Å².